The van der Waals surface area contributed by atoms with E-state index in [4.69, 9.17) is 5.90 Å². The van der Waals surface area contributed by atoms with E-state index in [1.54, 1.807) is 0 Å². The molecule has 2 N–H and O–H groups in total. The standard InChI is InChI=1S/C7H18N2O/c1-3-5-9(4-2)6-7-10-8/h3-8H2,1-2H3. The fourth-order valence-corrected chi connectivity index (χ4v) is 0.926. The second-order valence-corrected chi connectivity index (χ2v) is 2.31. The topological polar surface area (TPSA) is 38.5 Å². The molecule has 0 radical (unpaired) electrons. The van der Waals surface area contributed by atoms with E-state index >= 15 is 0 Å². The van der Waals surface area contributed by atoms with Crippen LogP contribution in [0.15, 0.2) is 0 Å². The van der Waals surface area contributed by atoms with Crippen LogP contribution < -0.4 is 5.90 Å². The summed E-state index contributed by atoms with van der Waals surface area (Å²) in [5.41, 5.74) is 0. The third-order valence-corrected chi connectivity index (χ3v) is 1.51. The number of likely N-dealkylation sites (N-methyl/N-ethyl adjacent to an activating group) is 1. The Morgan fingerprint density at radius 1 is 1.30 bits per heavy atom. The second-order valence-electron chi connectivity index (χ2n) is 2.31. The lowest BCUT2D eigenvalue weighted by Crippen LogP contribution is -2.28. The Labute approximate surface area is 63.1 Å². The molecule has 10 heavy (non-hydrogen) atoms. The fraction of sp³-hybridized carbons (Fsp3) is 1.00. The molecule has 0 rings (SSSR count). The number of rotatable bonds is 6. The number of hydrogen-bond donors (Lipinski definition) is 1. The van der Waals surface area contributed by atoms with E-state index in [1.807, 2.05) is 0 Å². The van der Waals surface area contributed by atoms with Gasteiger partial charge in [0.25, 0.3) is 0 Å². The second kappa shape index (κ2) is 6.99. The zero-order valence-electron chi connectivity index (χ0n) is 6.97. The van der Waals surface area contributed by atoms with Crippen LogP contribution in [-0.4, -0.2) is 31.1 Å². The molecule has 0 saturated carbocycles. The molecule has 0 atom stereocenters. The van der Waals surface area contributed by atoms with Gasteiger partial charge in [0.1, 0.15) is 0 Å². The van der Waals surface area contributed by atoms with Gasteiger partial charge in [-0.05, 0) is 19.5 Å². The van der Waals surface area contributed by atoms with Crippen molar-refractivity contribution in [2.45, 2.75) is 20.3 Å². The van der Waals surface area contributed by atoms with E-state index < -0.39 is 0 Å². The van der Waals surface area contributed by atoms with Crippen molar-refractivity contribution < 1.29 is 4.84 Å². The van der Waals surface area contributed by atoms with Crippen LogP contribution >= 0.6 is 0 Å². The molecule has 0 aliphatic rings. The predicted octanol–water partition coefficient (Wildman–Crippen LogP) is 0.609. The van der Waals surface area contributed by atoms with Crippen LogP contribution in [0.5, 0.6) is 0 Å². The summed E-state index contributed by atoms with van der Waals surface area (Å²) >= 11 is 0. The minimum absolute atomic E-state index is 0.633. The van der Waals surface area contributed by atoms with Crippen molar-refractivity contribution in [3.8, 4) is 0 Å². The van der Waals surface area contributed by atoms with Crippen LogP contribution in [0, 0.1) is 0 Å². The molecule has 0 aliphatic heterocycles. The molecule has 0 spiro atoms. The van der Waals surface area contributed by atoms with Crippen molar-refractivity contribution in [2.24, 2.45) is 5.90 Å². The molecule has 0 aromatic carbocycles. The molecule has 3 nitrogen and oxygen atoms in total. The zero-order valence-corrected chi connectivity index (χ0v) is 6.97. The average molecular weight is 146 g/mol. The third kappa shape index (κ3) is 4.73. The summed E-state index contributed by atoms with van der Waals surface area (Å²) in [6, 6.07) is 0. The van der Waals surface area contributed by atoms with Crippen molar-refractivity contribution in [1.29, 1.82) is 0 Å². The van der Waals surface area contributed by atoms with Crippen molar-refractivity contribution >= 4 is 0 Å². The van der Waals surface area contributed by atoms with Gasteiger partial charge in [0, 0.05) is 6.54 Å². The summed E-state index contributed by atoms with van der Waals surface area (Å²) in [6.45, 7) is 8.11. The quantitative estimate of drug-likeness (QED) is 0.558. The van der Waals surface area contributed by atoms with Gasteiger partial charge in [0.2, 0.25) is 0 Å². The first-order valence-electron chi connectivity index (χ1n) is 3.89. The maximum atomic E-state index is 4.90. The van der Waals surface area contributed by atoms with Crippen LogP contribution in [-0.2, 0) is 4.84 Å². The van der Waals surface area contributed by atoms with Gasteiger partial charge in [0.15, 0.2) is 0 Å². The maximum absolute atomic E-state index is 4.90. The molecule has 0 bridgehead atoms. The molecule has 3 heteroatoms. The van der Waals surface area contributed by atoms with Gasteiger partial charge in [0.05, 0.1) is 6.61 Å². The van der Waals surface area contributed by atoms with Crippen LogP contribution in [0.3, 0.4) is 0 Å². The molecule has 0 saturated heterocycles. The first kappa shape index (κ1) is 9.88. The Hall–Kier alpha value is -0.120. The van der Waals surface area contributed by atoms with Gasteiger partial charge >= 0.3 is 0 Å². The molecule has 0 unspecified atom stereocenters. The predicted molar refractivity (Wildman–Crippen MR) is 42.5 cm³/mol. The van der Waals surface area contributed by atoms with Crippen LogP contribution in [0.25, 0.3) is 0 Å². The minimum atomic E-state index is 0.633. The lowest BCUT2D eigenvalue weighted by atomic mass is 10.4. The largest absolute Gasteiger partial charge is 0.303 e. The zero-order chi connectivity index (χ0) is 7.82. The highest BCUT2D eigenvalue weighted by molar-refractivity contribution is 4.51. The number of hydrogen-bond acceptors (Lipinski definition) is 3. The Balaban J connectivity index is 3.21. The summed E-state index contributed by atoms with van der Waals surface area (Å²) in [5, 5.41) is 0. The van der Waals surface area contributed by atoms with E-state index in [-0.39, 0.29) is 0 Å². The van der Waals surface area contributed by atoms with E-state index in [0.29, 0.717) is 6.61 Å². The molecule has 0 aliphatic carbocycles. The average Bonchev–Trinajstić information content (AvgIpc) is 1.98. The highest BCUT2D eigenvalue weighted by Crippen LogP contribution is 1.88. The summed E-state index contributed by atoms with van der Waals surface area (Å²) in [4.78, 5) is 6.79. The third-order valence-electron chi connectivity index (χ3n) is 1.51. The van der Waals surface area contributed by atoms with Crippen molar-refractivity contribution in [3.05, 3.63) is 0 Å². The molecule has 0 aromatic rings. The molecule has 0 aromatic heterocycles. The summed E-state index contributed by atoms with van der Waals surface area (Å²) in [6.07, 6.45) is 1.19. The van der Waals surface area contributed by atoms with Gasteiger partial charge in [-0.2, -0.15) is 0 Å². The minimum Gasteiger partial charge on any atom is -0.303 e. The molecule has 0 amide bonds. The van der Waals surface area contributed by atoms with Gasteiger partial charge in [-0.3, -0.25) is 0 Å². The summed E-state index contributed by atoms with van der Waals surface area (Å²) < 4.78 is 0. The summed E-state index contributed by atoms with van der Waals surface area (Å²) in [7, 11) is 0. The first-order chi connectivity index (χ1) is 4.85. The van der Waals surface area contributed by atoms with Crippen LogP contribution in [0.2, 0.25) is 0 Å². The van der Waals surface area contributed by atoms with Gasteiger partial charge in [-0.1, -0.05) is 13.8 Å². The van der Waals surface area contributed by atoms with Crippen LogP contribution in [0.4, 0.5) is 0 Å². The van der Waals surface area contributed by atoms with E-state index in [9.17, 15) is 0 Å². The van der Waals surface area contributed by atoms with Crippen molar-refractivity contribution in [2.75, 3.05) is 26.2 Å². The van der Waals surface area contributed by atoms with Crippen molar-refractivity contribution in [1.82, 2.24) is 4.90 Å². The number of nitrogens with two attached hydrogens (primary N) is 1. The van der Waals surface area contributed by atoms with Gasteiger partial charge < -0.3 is 9.74 Å². The Kier molecular flexibility index (Phi) is 6.91. The monoisotopic (exact) mass is 146 g/mol. The highest BCUT2D eigenvalue weighted by Gasteiger charge is 1.97. The fourth-order valence-electron chi connectivity index (χ4n) is 0.926. The van der Waals surface area contributed by atoms with E-state index in [1.165, 1.54) is 6.42 Å². The SMILES string of the molecule is CCCN(CC)CCON. The van der Waals surface area contributed by atoms with E-state index in [0.717, 1.165) is 19.6 Å². The van der Waals surface area contributed by atoms with Crippen LogP contribution in [0.1, 0.15) is 20.3 Å². The lowest BCUT2D eigenvalue weighted by Gasteiger charge is -2.17. The first-order valence-corrected chi connectivity index (χ1v) is 3.89. The molecule has 0 heterocycles. The number of nitrogens with zero attached hydrogens (tertiary/aromatic N) is 1. The Morgan fingerprint density at radius 3 is 2.40 bits per heavy atom. The van der Waals surface area contributed by atoms with Gasteiger partial charge in [-0.15, -0.1) is 0 Å². The lowest BCUT2D eigenvalue weighted by molar-refractivity contribution is 0.107. The Bertz CT molecular complexity index is 68.6. The molecule has 0 fully saturated rings. The van der Waals surface area contributed by atoms with Crippen molar-refractivity contribution in [3.63, 3.8) is 0 Å². The normalized spacial score (nSPS) is 10.8. The summed E-state index contributed by atoms with van der Waals surface area (Å²) in [5.74, 6) is 4.90. The Morgan fingerprint density at radius 2 is 2.00 bits per heavy atom. The molecule has 62 valence electrons. The smallest absolute Gasteiger partial charge is 0.0806 e. The highest BCUT2D eigenvalue weighted by atomic mass is 16.6. The molecular formula is C7H18N2O. The molecular weight excluding hydrogens is 128 g/mol. The van der Waals surface area contributed by atoms with E-state index in [2.05, 4.69) is 23.6 Å². The maximum Gasteiger partial charge on any atom is 0.0806 e. The van der Waals surface area contributed by atoms with Gasteiger partial charge in [-0.25, -0.2) is 5.90 Å².